The zero-order chi connectivity index (χ0) is 21.1. The number of carboxylic acid groups (broad SMARTS) is 1. The summed E-state index contributed by atoms with van der Waals surface area (Å²) in [6.45, 7) is 0. The number of nitrogens with zero attached hydrogens (tertiary/aromatic N) is 1. The zero-order valence-electron chi connectivity index (χ0n) is 15.2. The third kappa shape index (κ3) is 4.96. The SMILES string of the molecule is CN(c1ccc(S(C)(=O)=O)cc1)S(=O)(=O)c1ccc(C(=O)CCC(=O)O)cc1. The summed E-state index contributed by atoms with van der Waals surface area (Å²) < 4.78 is 49.5. The molecule has 150 valence electrons. The Morgan fingerprint density at radius 2 is 1.36 bits per heavy atom. The number of benzene rings is 2. The lowest BCUT2D eigenvalue weighted by atomic mass is 10.1. The Balaban J connectivity index is 2.23. The molecule has 0 radical (unpaired) electrons. The number of rotatable bonds is 8. The number of sulfone groups is 1. The van der Waals surface area contributed by atoms with Crippen LogP contribution in [0.1, 0.15) is 23.2 Å². The third-order valence-corrected chi connectivity index (χ3v) is 6.96. The lowest BCUT2D eigenvalue weighted by Crippen LogP contribution is -2.26. The minimum atomic E-state index is -3.93. The molecule has 10 heteroatoms. The van der Waals surface area contributed by atoms with Crippen molar-refractivity contribution in [1.82, 2.24) is 0 Å². The van der Waals surface area contributed by atoms with Crippen LogP contribution in [-0.4, -0.2) is 47.0 Å². The number of carboxylic acids is 1. The van der Waals surface area contributed by atoms with Crippen molar-refractivity contribution in [2.45, 2.75) is 22.6 Å². The van der Waals surface area contributed by atoms with Gasteiger partial charge in [0.05, 0.1) is 21.9 Å². The van der Waals surface area contributed by atoms with Gasteiger partial charge >= 0.3 is 5.97 Å². The molecule has 0 fully saturated rings. The zero-order valence-corrected chi connectivity index (χ0v) is 16.8. The van der Waals surface area contributed by atoms with Crippen LogP contribution < -0.4 is 4.31 Å². The smallest absolute Gasteiger partial charge is 0.303 e. The topological polar surface area (TPSA) is 126 Å². The summed E-state index contributed by atoms with van der Waals surface area (Å²) in [4.78, 5) is 22.5. The summed E-state index contributed by atoms with van der Waals surface area (Å²) in [5, 5.41) is 8.62. The van der Waals surface area contributed by atoms with Crippen molar-refractivity contribution in [3.8, 4) is 0 Å². The number of carbonyl (C=O) groups excluding carboxylic acids is 1. The van der Waals surface area contributed by atoms with E-state index in [2.05, 4.69) is 0 Å². The molecular weight excluding hydrogens is 406 g/mol. The van der Waals surface area contributed by atoms with Crippen LogP contribution in [0.5, 0.6) is 0 Å². The third-order valence-electron chi connectivity index (χ3n) is 4.03. The van der Waals surface area contributed by atoms with Crippen LogP contribution in [0.3, 0.4) is 0 Å². The van der Waals surface area contributed by atoms with E-state index in [0.29, 0.717) is 0 Å². The van der Waals surface area contributed by atoms with E-state index < -0.39 is 31.6 Å². The first kappa shape index (κ1) is 21.6. The molecule has 0 bridgehead atoms. The molecule has 0 amide bonds. The van der Waals surface area contributed by atoms with E-state index in [0.717, 1.165) is 10.6 Å². The van der Waals surface area contributed by atoms with E-state index in [1.165, 1.54) is 55.6 Å². The summed E-state index contributed by atoms with van der Waals surface area (Å²) in [7, 11) is -5.99. The van der Waals surface area contributed by atoms with Gasteiger partial charge in [0.25, 0.3) is 10.0 Å². The molecule has 8 nitrogen and oxygen atoms in total. The maximum absolute atomic E-state index is 12.8. The highest BCUT2D eigenvalue weighted by atomic mass is 32.2. The van der Waals surface area contributed by atoms with Gasteiger partial charge in [-0.15, -0.1) is 0 Å². The maximum Gasteiger partial charge on any atom is 0.303 e. The monoisotopic (exact) mass is 425 g/mol. The standard InChI is InChI=1S/C18H19NO7S2/c1-19(14-5-9-15(10-6-14)27(2,23)24)28(25,26)16-7-3-13(4-8-16)17(20)11-12-18(21)22/h3-10H,11-12H2,1-2H3,(H,21,22). The van der Waals surface area contributed by atoms with Gasteiger partial charge in [0.2, 0.25) is 0 Å². The number of anilines is 1. The quantitative estimate of drug-likeness (QED) is 0.641. The van der Waals surface area contributed by atoms with Crippen molar-refractivity contribution in [2.24, 2.45) is 0 Å². The summed E-state index contributed by atoms with van der Waals surface area (Å²) in [6.07, 6.45) is 0.584. The van der Waals surface area contributed by atoms with Crippen molar-refractivity contribution in [1.29, 1.82) is 0 Å². The first-order valence-corrected chi connectivity index (χ1v) is 11.4. The average molecular weight is 425 g/mol. The molecule has 0 aliphatic heterocycles. The lowest BCUT2D eigenvalue weighted by Gasteiger charge is -2.20. The summed E-state index contributed by atoms with van der Waals surface area (Å²) >= 11 is 0. The number of carbonyl (C=O) groups is 2. The van der Waals surface area contributed by atoms with Crippen LogP contribution in [0.4, 0.5) is 5.69 Å². The maximum atomic E-state index is 12.8. The van der Waals surface area contributed by atoms with E-state index in [-0.39, 0.29) is 33.9 Å². The largest absolute Gasteiger partial charge is 0.481 e. The lowest BCUT2D eigenvalue weighted by molar-refractivity contribution is -0.136. The van der Waals surface area contributed by atoms with Crippen LogP contribution in [0, 0.1) is 0 Å². The molecule has 1 N–H and O–H groups in total. The van der Waals surface area contributed by atoms with Crippen LogP contribution in [0.2, 0.25) is 0 Å². The van der Waals surface area contributed by atoms with Crippen molar-refractivity contribution in [3.05, 3.63) is 54.1 Å². The fourth-order valence-electron chi connectivity index (χ4n) is 2.38. The Bertz CT molecular complexity index is 1090. The van der Waals surface area contributed by atoms with Gasteiger partial charge in [0, 0.05) is 25.3 Å². The number of Topliss-reactive ketones (excluding diaryl/α,β-unsaturated/α-hetero) is 1. The van der Waals surface area contributed by atoms with Crippen LogP contribution in [0.25, 0.3) is 0 Å². The van der Waals surface area contributed by atoms with Gasteiger partial charge in [-0.3, -0.25) is 13.9 Å². The van der Waals surface area contributed by atoms with E-state index in [1.54, 1.807) is 0 Å². The van der Waals surface area contributed by atoms with Crippen molar-refractivity contribution >= 4 is 37.3 Å². The number of sulfonamides is 1. The molecule has 2 aromatic rings. The second-order valence-electron chi connectivity index (χ2n) is 6.08. The molecule has 0 atom stereocenters. The van der Waals surface area contributed by atoms with Crippen molar-refractivity contribution in [2.75, 3.05) is 17.6 Å². The van der Waals surface area contributed by atoms with Gasteiger partial charge in [-0.2, -0.15) is 0 Å². The first-order valence-electron chi connectivity index (χ1n) is 8.07. The highest BCUT2D eigenvalue weighted by Crippen LogP contribution is 2.24. The Kier molecular flexibility index (Phi) is 6.25. The van der Waals surface area contributed by atoms with Gasteiger partial charge in [-0.1, -0.05) is 12.1 Å². The number of ketones is 1. The van der Waals surface area contributed by atoms with Crippen LogP contribution in [0.15, 0.2) is 58.3 Å². The average Bonchev–Trinajstić information content (AvgIpc) is 2.65. The summed E-state index contributed by atoms with van der Waals surface area (Å²) in [6, 6.07) is 10.6. The molecule has 0 aliphatic rings. The molecule has 2 rings (SSSR count). The highest BCUT2D eigenvalue weighted by Gasteiger charge is 2.22. The predicted molar refractivity (Wildman–Crippen MR) is 103 cm³/mol. The van der Waals surface area contributed by atoms with Gasteiger partial charge in [-0.25, -0.2) is 16.8 Å². The molecule has 0 saturated carbocycles. The fourth-order valence-corrected chi connectivity index (χ4v) is 4.20. The first-order chi connectivity index (χ1) is 12.9. The van der Waals surface area contributed by atoms with E-state index >= 15 is 0 Å². The van der Waals surface area contributed by atoms with Crippen LogP contribution >= 0.6 is 0 Å². The number of aliphatic carboxylic acids is 1. The van der Waals surface area contributed by atoms with E-state index in [4.69, 9.17) is 5.11 Å². The molecule has 0 saturated heterocycles. The van der Waals surface area contributed by atoms with Gasteiger partial charge < -0.3 is 5.11 Å². The predicted octanol–water partition coefficient (Wildman–Crippen LogP) is 1.96. The molecular formula is C18H19NO7S2. The molecule has 0 aromatic heterocycles. The number of hydrogen-bond donors (Lipinski definition) is 1. The van der Waals surface area contributed by atoms with E-state index in [9.17, 15) is 26.4 Å². The molecule has 0 spiro atoms. The molecule has 28 heavy (non-hydrogen) atoms. The Labute approximate surface area is 163 Å². The minimum absolute atomic E-state index is 0.0584. The van der Waals surface area contributed by atoms with Crippen molar-refractivity contribution < 1.29 is 31.5 Å². The molecule has 0 unspecified atom stereocenters. The van der Waals surface area contributed by atoms with E-state index in [1.807, 2.05) is 0 Å². The Morgan fingerprint density at radius 3 is 1.82 bits per heavy atom. The van der Waals surface area contributed by atoms with Gasteiger partial charge in [0.15, 0.2) is 15.6 Å². The fraction of sp³-hybridized carbons (Fsp3) is 0.222. The Hall–Kier alpha value is -2.72. The minimum Gasteiger partial charge on any atom is -0.481 e. The van der Waals surface area contributed by atoms with Crippen LogP contribution in [-0.2, 0) is 24.7 Å². The summed E-state index contributed by atoms with van der Waals surface area (Å²) in [5.74, 6) is -1.48. The van der Waals surface area contributed by atoms with Gasteiger partial charge in [0.1, 0.15) is 0 Å². The number of hydrogen-bond acceptors (Lipinski definition) is 6. The molecule has 0 aliphatic carbocycles. The van der Waals surface area contributed by atoms with Crippen molar-refractivity contribution in [3.63, 3.8) is 0 Å². The Morgan fingerprint density at radius 1 is 0.857 bits per heavy atom. The summed E-state index contributed by atoms with van der Waals surface area (Å²) in [5.41, 5.74) is 0.495. The second-order valence-corrected chi connectivity index (χ2v) is 10.1. The molecule has 0 heterocycles. The second kappa shape index (κ2) is 8.11. The van der Waals surface area contributed by atoms with Gasteiger partial charge in [-0.05, 0) is 36.4 Å². The molecule has 2 aromatic carbocycles. The normalized spacial score (nSPS) is 11.8. The highest BCUT2D eigenvalue weighted by molar-refractivity contribution is 7.92.